The van der Waals surface area contributed by atoms with E-state index in [0.29, 0.717) is 0 Å². The Morgan fingerprint density at radius 2 is 1.88 bits per heavy atom. The van der Waals surface area contributed by atoms with E-state index in [2.05, 4.69) is 5.32 Å². The summed E-state index contributed by atoms with van der Waals surface area (Å²) in [6.45, 7) is 1.46. The predicted octanol–water partition coefficient (Wildman–Crippen LogP) is 1.66. The maximum Gasteiger partial charge on any atom is 0.163 e. The van der Waals surface area contributed by atoms with Gasteiger partial charge >= 0.3 is 0 Å². The van der Waals surface area contributed by atoms with E-state index in [4.69, 9.17) is 0 Å². The van der Waals surface area contributed by atoms with Crippen LogP contribution >= 0.6 is 0 Å². The molecule has 6 heteroatoms. The van der Waals surface area contributed by atoms with Crippen molar-refractivity contribution in [3.8, 4) is 0 Å². The molecule has 0 fully saturated rings. The summed E-state index contributed by atoms with van der Waals surface area (Å²) in [6, 6.07) is 2.95. The van der Waals surface area contributed by atoms with Gasteiger partial charge in [0.05, 0.1) is 11.3 Å². The van der Waals surface area contributed by atoms with Gasteiger partial charge in [0.2, 0.25) is 0 Å². The minimum absolute atomic E-state index is 0.0189. The standard InChI is InChI=1S/C11H15F2NO2S/c1-7(17(3,15)16)11(14-2)8-5-4-6-9(12)10(8)13/h4-7,11,14H,1-3H3. The van der Waals surface area contributed by atoms with E-state index in [0.717, 1.165) is 12.3 Å². The van der Waals surface area contributed by atoms with E-state index in [-0.39, 0.29) is 5.56 Å². The molecular formula is C11H15F2NO2S. The molecule has 17 heavy (non-hydrogen) atoms. The molecule has 1 N–H and O–H groups in total. The molecule has 0 aliphatic carbocycles. The van der Waals surface area contributed by atoms with E-state index in [1.165, 1.54) is 26.1 Å². The van der Waals surface area contributed by atoms with Crippen LogP contribution in [0.15, 0.2) is 18.2 Å². The first-order chi connectivity index (χ1) is 7.79. The third-order valence-electron chi connectivity index (χ3n) is 2.77. The van der Waals surface area contributed by atoms with Gasteiger partial charge in [0, 0.05) is 11.8 Å². The Morgan fingerprint density at radius 1 is 1.29 bits per heavy atom. The normalized spacial score (nSPS) is 15.6. The van der Waals surface area contributed by atoms with Crippen LogP contribution in [0.2, 0.25) is 0 Å². The molecule has 1 aromatic rings. The first-order valence-corrected chi connectivity index (χ1v) is 7.04. The number of sulfone groups is 1. The maximum atomic E-state index is 13.6. The molecule has 0 bridgehead atoms. The lowest BCUT2D eigenvalue weighted by molar-refractivity contribution is 0.466. The molecule has 1 aromatic carbocycles. The van der Waals surface area contributed by atoms with E-state index in [1.54, 1.807) is 0 Å². The molecule has 0 saturated carbocycles. The largest absolute Gasteiger partial charge is 0.312 e. The second-order valence-electron chi connectivity index (χ2n) is 3.94. The average molecular weight is 263 g/mol. The van der Waals surface area contributed by atoms with Crippen molar-refractivity contribution in [3.63, 3.8) is 0 Å². The van der Waals surface area contributed by atoms with Crippen LogP contribution in [0.5, 0.6) is 0 Å². The van der Waals surface area contributed by atoms with Crippen LogP contribution in [0, 0.1) is 11.6 Å². The van der Waals surface area contributed by atoms with Crippen LogP contribution < -0.4 is 5.32 Å². The highest BCUT2D eigenvalue weighted by molar-refractivity contribution is 7.91. The zero-order valence-electron chi connectivity index (χ0n) is 9.87. The Hall–Kier alpha value is -1.01. The lowest BCUT2D eigenvalue weighted by atomic mass is 10.0. The molecule has 0 aliphatic heterocycles. The monoisotopic (exact) mass is 263 g/mol. The first-order valence-electron chi connectivity index (χ1n) is 5.09. The van der Waals surface area contributed by atoms with Gasteiger partial charge < -0.3 is 5.32 Å². The van der Waals surface area contributed by atoms with Crippen molar-refractivity contribution in [1.82, 2.24) is 5.32 Å². The lowest BCUT2D eigenvalue weighted by Gasteiger charge is -2.23. The van der Waals surface area contributed by atoms with E-state index >= 15 is 0 Å². The van der Waals surface area contributed by atoms with Gasteiger partial charge in [0.15, 0.2) is 21.5 Å². The highest BCUT2D eigenvalue weighted by Crippen LogP contribution is 2.25. The van der Waals surface area contributed by atoms with Crippen LogP contribution in [0.25, 0.3) is 0 Å². The molecule has 3 nitrogen and oxygen atoms in total. The van der Waals surface area contributed by atoms with Crippen LogP contribution in [-0.4, -0.2) is 27.0 Å². The number of nitrogens with one attached hydrogen (secondary N) is 1. The summed E-state index contributed by atoms with van der Waals surface area (Å²) in [5, 5.41) is 1.86. The smallest absolute Gasteiger partial charge is 0.163 e. The fraction of sp³-hybridized carbons (Fsp3) is 0.455. The van der Waals surface area contributed by atoms with Gasteiger partial charge in [-0.25, -0.2) is 17.2 Å². The van der Waals surface area contributed by atoms with Crippen molar-refractivity contribution in [3.05, 3.63) is 35.4 Å². The zero-order valence-corrected chi connectivity index (χ0v) is 10.7. The van der Waals surface area contributed by atoms with Crippen molar-refractivity contribution in [1.29, 1.82) is 0 Å². The molecule has 0 aromatic heterocycles. The quantitative estimate of drug-likeness (QED) is 0.898. The summed E-state index contributed by atoms with van der Waals surface area (Å²) in [4.78, 5) is 0. The number of hydrogen-bond acceptors (Lipinski definition) is 3. The second-order valence-corrected chi connectivity index (χ2v) is 6.35. The molecule has 2 unspecified atom stereocenters. The Kier molecular flexibility index (Phi) is 4.21. The SMILES string of the molecule is CNC(c1cccc(F)c1F)C(C)S(C)(=O)=O. The summed E-state index contributed by atoms with van der Waals surface area (Å²) in [5.74, 6) is -1.99. The van der Waals surface area contributed by atoms with Crippen LogP contribution in [0.3, 0.4) is 0 Å². The first kappa shape index (κ1) is 14.1. The van der Waals surface area contributed by atoms with Crippen LogP contribution in [0.4, 0.5) is 8.78 Å². The summed E-state index contributed by atoms with van der Waals surface area (Å²) in [5.41, 5.74) is 0.0189. The molecule has 0 heterocycles. The van der Waals surface area contributed by atoms with Crippen LogP contribution in [0.1, 0.15) is 18.5 Å². The lowest BCUT2D eigenvalue weighted by Crippen LogP contribution is -2.33. The van der Waals surface area contributed by atoms with E-state index < -0.39 is 32.8 Å². The maximum absolute atomic E-state index is 13.6. The number of halogens is 2. The Morgan fingerprint density at radius 3 is 2.35 bits per heavy atom. The summed E-state index contributed by atoms with van der Waals surface area (Å²) < 4.78 is 49.6. The minimum atomic E-state index is -3.34. The number of benzene rings is 1. The van der Waals surface area contributed by atoms with Gasteiger partial charge in [0.25, 0.3) is 0 Å². The average Bonchev–Trinajstić information content (AvgIpc) is 2.23. The third kappa shape index (κ3) is 3.01. The predicted molar refractivity (Wildman–Crippen MR) is 62.5 cm³/mol. The zero-order chi connectivity index (χ0) is 13.2. The molecule has 0 radical (unpaired) electrons. The van der Waals surface area contributed by atoms with Crippen molar-refractivity contribution < 1.29 is 17.2 Å². The van der Waals surface area contributed by atoms with Gasteiger partial charge in [-0.15, -0.1) is 0 Å². The van der Waals surface area contributed by atoms with E-state index in [9.17, 15) is 17.2 Å². The van der Waals surface area contributed by atoms with Gasteiger partial charge in [-0.2, -0.15) is 0 Å². The molecule has 1 rings (SSSR count). The summed E-state index contributed by atoms with van der Waals surface area (Å²) in [6.07, 6.45) is 1.07. The fourth-order valence-corrected chi connectivity index (χ4v) is 2.43. The Labute approximate surface area is 99.8 Å². The summed E-state index contributed by atoms with van der Waals surface area (Å²) in [7, 11) is -1.83. The number of hydrogen-bond donors (Lipinski definition) is 1. The molecule has 0 aliphatic rings. The van der Waals surface area contributed by atoms with Gasteiger partial charge in [0.1, 0.15) is 0 Å². The van der Waals surface area contributed by atoms with Crippen molar-refractivity contribution in [2.24, 2.45) is 0 Å². The molecule has 0 spiro atoms. The van der Waals surface area contributed by atoms with Gasteiger partial charge in [-0.3, -0.25) is 0 Å². The second kappa shape index (κ2) is 5.10. The Bertz CT molecular complexity index is 502. The molecule has 0 amide bonds. The van der Waals surface area contributed by atoms with Gasteiger partial charge in [-0.1, -0.05) is 12.1 Å². The number of rotatable bonds is 4. The fourth-order valence-electron chi connectivity index (χ4n) is 1.65. The highest BCUT2D eigenvalue weighted by atomic mass is 32.2. The molecule has 96 valence electrons. The molecular weight excluding hydrogens is 248 g/mol. The third-order valence-corrected chi connectivity index (χ3v) is 4.40. The molecule has 0 saturated heterocycles. The highest BCUT2D eigenvalue weighted by Gasteiger charge is 2.28. The topological polar surface area (TPSA) is 46.2 Å². The van der Waals surface area contributed by atoms with Crippen molar-refractivity contribution in [2.45, 2.75) is 18.2 Å². The van der Waals surface area contributed by atoms with Gasteiger partial charge in [-0.05, 0) is 20.0 Å². The van der Waals surface area contributed by atoms with E-state index in [1.807, 2.05) is 0 Å². The Balaban J connectivity index is 3.24. The molecule has 2 atom stereocenters. The summed E-state index contributed by atoms with van der Waals surface area (Å²) >= 11 is 0. The minimum Gasteiger partial charge on any atom is -0.312 e. The van der Waals surface area contributed by atoms with Crippen LogP contribution in [-0.2, 0) is 9.84 Å². The van der Waals surface area contributed by atoms with Crippen molar-refractivity contribution >= 4 is 9.84 Å². The van der Waals surface area contributed by atoms with Crippen molar-refractivity contribution in [2.75, 3.05) is 13.3 Å².